The number of carbonyl (C=O) groups excluding carboxylic acids is 1. The van der Waals surface area contributed by atoms with Crippen LogP contribution in [0.5, 0.6) is 0 Å². The van der Waals surface area contributed by atoms with E-state index in [1.54, 1.807) is 19.3 Å². The molecule has 2 rings (SSSR count). The van der Waals surface area contributed by atoms with Crippen LogP contribution in [-0.2, 0) is 11.3 Å². The second-order valence-electron chi connectivity index (χ2n) is 4.27. The van der Waals surface area contributed by atoms with E-state index >= 15 is 0 Å². The Morgan fingerprint density at radius 2 is 2.26 bits per heavy atom. The minimum atomic E-state index is -2.78. The highest BCUT2D eigenvalue weighted by molar-refractivity contribution is 5.85. The first-order valence-corrected chi connectivity index (χ1v) is 5.32. The van der Waals surface area contributed by atoms with Crippen molar-refractivity contribution in [1.82, 2.24) is 20.4 Å². The van der Waals surface area contributed by atoms with E-state index in [1.165, 1.54) is 4.90 Å². The Morgan fingerprint density at radius 1 is 1.58 bits per heavy atom. The summed E-state index contributed by atoms with van der Waals surface area (Å²) in [5, 5.41) is 9.01. The summed E-state index contributed by atoms with van der Waals surface area (Å²) < 4.78 is 25.9. The average molecular weight is 317 g/mol. The number of hydrogen-bond donors (Lipinski definition) is 2. The minimum absolute atomic E-state index is 0. The van der Waals surface area contributed by atoms with Gasteiger partial charge in [0.05, 0.1) is 24.8 Å². The Kier molecular flexibility index (Phi) is 6.68. The van der Waals surface area contributed by atoms with Gasteiger partial charge in [0.15, 0.2) is 0 Å². The van der Waals surface area contributed by atoms with Gasteiger partial charge in [0.2, 0.25) is 5.91 Å². The first-order valence-electron chi connectivity index (χ1n) is 5.32. The normalized spacial score (nSPS) is 20.3. The fraction of sp³-hybridized carbons (Fsp3) is 0.600. The third-order valence-corrected chi connectivity index (χ3v) is 2.75. The molecule has 2 N–H and O–H groups in total. The van der Waals surface area contributed by atoms with Gasteiger partial charge >= 0.3 is 0 Å². The second-order valence-corrected chi connectivity index (χ2v) is 4.27. The number of rotatable bonds is 3. The van der Waals surface area contributed by atoms with Gasteiger partial charge in [0, 0.05) is 19.7 Å². The molecule has 2 heterocycles. The zero-order valence-corrected chi connectivity index (χ0v) is 11.9. The Balaban J connectivity index is 0.00000162. The van der Waals surface area contributed by atoms with E-state index in [9.17, 15) is 13.6 Å². The number of aromatic amines is 1. The van der Waals surface area contributed by atoms with E-state index in [-0.39, 0.29) is 30.7 Å². The molecule has 0 bridgehead atoms. The monoisotopic (exact) mass is 316 g/mol. The van der Waals surface area contributed by atoms with Crippen LogP contribution in [0, 0.1) is 0 Å². The van der Waals surface area contributed by atoms with Crippen molar-refractivity contribution in [3.05, 3.63) is 18.0 Å². The molecule has 1 unspecified atom stereocenters. The van der Waals surface area contributed by atoms with E-state index in [4.69, 9.17) is 0 Å². The number of likely N-dealkylation sites (N-methyl/N-ethyl adjacent to an activating group) is 1. The smallest absolute Gasteiger partial charge is 0.262 e. The van der Waals surface area contributed by atoms with Crippen molar-refractivity contribution >= 4 is 30.7 Å². The number of amides is 1. The van der Waals surface area contributed by atoms with Crippen LogP contribution < -0.4 is 5.32 Å². The van der Waals surface area contributed by atoms with Crippen LogP contribution in [0.3, 0.4) is 0 Å². The third-order valence-electron chi connectivity index (χ3n) is 2.75. The topological polar surface area (TPSA) is 61.0 Å². The summed E-state index contributed by atoms with van der Waals surface area (Å²) in [6.07, 6.45) is 1.15. The summed E-state index contributed by atoms with van der Waals surface area (Å²) >= 11 is 0. The molecular weight excluding hydrogens is 301 g/mol. The number of halogens is 4. The van der Waals surface area contributed by atoms with Gasteiger partial charge in [0.1, 0.15) is 0 Å². The highest BCUT2D eigenvalue weighted by atomic mass is 35.5. The van der Waals surface area contributed by atoms with Crippen molar-refractivity contribution in [3.8, 4) is 0 Å². The number of hydrogen-bond acceptors (Lipinski definition) is 3. The first-order chi connectivity index (χ1) is 7.98. The summed E-state index contributed by atoms with van der Waals surface area (Å²) in [5.74, 6) is -3.11. The van der Waals surface area contributed by atoms with E-state index < -0.39 is 24.9 Å². The molecule has 1 fully saturated rings. The number of aromatic nitrogens is 2. The maximum absolute atomic E-state index is 12.9. The van der Waals surface area contributed by atoms with Crippen LogP contribution >= 0.6 is 24.8 Å². The van der Waals surface area contributed by atoms with Crippen LogP contribution in [0.1, 0.15) is 12.1 Å². The molecule has 19 heavy (non-hydrogen) atoms. The molecule has 1 aromatic heterocycles. The fourth-order valence-electron chi connectivity index (χ4n) is 1.86. The molecule has 5 nitrogen and oxygen atoms in total. The number of alkyl halides is 2. The van der Waals surface area contributed by atoms with Gasteiger partial charge in [-0.2, -0.15) is 5.10 Å². The van der Waals surface area contributed by atoms with Crippen molar-refractivity contribution in [3.63, 3.8) is 0 Å². The Morgan fingerprint density at radius 3 is 2.74 bits per heavy atom. The van der Waals surface area contributed by atoms with Crippen LogP contribution in [0.25, 0.3) is 0 Å². The Bertz CT molecular complexity index is 402. The van der Waals surface area contributed by atoms with Crippen molar-refractivity contribution in [2.75, 3.05) is 13.6 Å². The quantitative estimate of drug-likeness (QED) is 0.881. The number of nitrogens with one attached hydrogen (secondary N) is 2. The van der Waals surface area contributed by atoms with E-state index in [0.717, 1.165) is 5.69 Å². The molecule has 1 saturated heterocycles. The van der Waals surface area contributed by atoms with Crippen molar-refractivity contribution in [2.24, 2.45) is 0 Å². The predicted octanol–water partition coefficient (Wildman–Crippen LogP) is 1.21. The highest BCUT2D eigenvalue weighted by Crippen LogP contribution is 2.25. The van der Waals surface area contributed by atoms with E-state index in [2.05, 4.69) is 15.5 Å². The average Bonchev–Trinajstić information content (AvgIpc) is 2.86. The number of H-pyrrole nitrogens is 1. The largest absolute Gasteiger partial charge is 0.339 e. The van der Waals surface area contributed by atoms with Crippen LogP contribution in [-0.4, -0.2) is 46.6 Å². The summed E-state index contributed by atoms with van der Waals surface area (Å²) in [6, 6.07) is 0.943. The SMILES string of the molecule is CN(Cc1ccn[nH]1)C(=O)C1CC(F)(F)CN1.Cl.Cl. The molecule has 9 heteroatoms. The molecule has 0 aliphatic carbocycles. The number of carbonyl (C=O) groups is 1. The predicted molar refractivity (Wildman–Crippen MR) is 70.9 cm³/mol. The van der Waals surface area contributed by atoms with Crippen molar-refractivity contribution < 1.29 is 13.6 Å². The zero-order valence-electron chi connectivity index (χ0n) is 10.2. The lowest BCUT2D eigenvalue weighted by Gasteiger charge is -2.20. The molecular formula is C10H16Cl2F2N4O. The zero-order chi connectivity index (χ0) is 12.5. The summed E-state index contributed by atoms with van der Waals surface area (Å²) in [4.78, 5) is 13.3. The van der Waals surface area contributed by atoms with Gasteiger partial charge in [-0.25, -0.2) is 8.78 Å². The minimum Gasteiger partial charge on any atom is -0.339 e. The van der Waals surface area contributed by atoms with Crippen LogP contribution in [0.4, 0.5) is 8.78 Å². The summed E-state index contributed by atoms with van der Waals surface area (Å²) in [6.45, 7) is -0.0934. The van der Waals surface area contributed by atoms with Gasteiger partial charge in [-0.1, -0.05) is 0 Å². The highest BCUT2D eigenvalue weighted by Gasteiger charge is 2.43. The van der Waals surface area contributed by atoms with Gasteiger partial charge in [-0.05, 0) is 6.07 Å². The summed E-state index contributed by atoms with van der Waals surface area (Å²) in [7, 11) is 1.58. The molecule has 0 spiro atoms. The molecule has 1 aromatic rings. The molecule has 1 aliphatic heterocycles. The molecule has 0 radical (unpaired) electrons. The second kappa shape index (κ2) is 7.02. The molecule has 1 atom stereocenters. The lowest BCUT2D eigenvalue weighted by atomic mass is 10.1. The standard InChI is InChI=1S/C10H14F2N4O.2ClH/c1-16(5-7-2-3-14-15-7)9(17)8-4-10(11,12)6-13-8;;/h2-3,8,13H,4-6H2,1H3,(H,14,15);2*1H. The third kappa shape index (κ3) is 4.59. The molecule has 0 aromatic carbocycles. The van der Waals surface area contributed by atoms with Gasteiger partial charge in [-0.15, -0.1) is 24.8 Å². The maximum Gasteiger partial charge on any atom is 0.262 e. The van der Waals surface area contributed by atoms with E-state index in [0.29, 0.717) is 6.54 Å². The lowest BCUT2D eigenvalue weighted by molar-refractivity contribution is -0.133. The maximum atomic E-state index is 12.9. The van der Waals surface area contributed by atoms with Crippen LogP contribution in [0.15, 0.2) is 12.3 Å². The van der Waals surface area contributed by atoms with Gasteiger partial charge < -0.3 is 4.90 Å². The molecule has 1 amide bonds. The van der Waals surface area contributed by atoms with Gasteiger partial charge in [0.25, 0.3) is 5.92 Å². The Labute approximate surface area is 121 Å². The lowest BCUT2D eigenvalue weighted by Crippen LogP contribution is -2.41. The molecule has 1 aliphatic rings. The van der Waals surface area contributed by atoms with Crippen molar-refractivity contribution in [2.45, 2.75) is 24.9 Å². The summed E-state index contributed by atoms with van der Waals surface area (Å²) in [5.41, 5.74) is 0.769. The first kappa shape index (κ1) is 18.1. The molecule has 0 saturated carbocycles. The fourth-order valence-corrected chi connectivity index (χ4v) is 1.86. The van der Waals surface area contributed by atoms with Gasteiger partial charge in [-0.3, -0.25) is 15.2 Å². The Hall–Kier alpha value is -0.920. The van der Waals surface area contributed by atoms with Crippen LogP contribution in [0.2, 0.25) is 0 Å². The number of nitrogens with zero attached hydrogens (tertiary/aromatic N) is 2. The van der Waals surface area contributed by atoms with E-state index in [1.807, 2.05) is 0 Å². The molecule has 110 valence electrons. The van der Waals surface area contributed by atoms with Crippen molar-refractivity contribution in [1.29, 1.82) is 0 Å².